The van der Waals surface area contributed by atoms with Crippen LogP contribution in [0, 0.1) is 0 Å². The minimum atomic E-state index is 0.474. The second-order valence-electron chi connectivity index (χ2n) is 2.48. The van der Waals surface area contributed by atoms with Crippen LogP contribution < -0.4 is 5.32 Å². The fraction of sp³-hybridized carbons (Fsp3) is 0.714. The fourth-order valence-corrected chi connectivity index (χ4v) is 0.940. The van der Waals surface area contributed by atoms with Gasteiger partial charge in [-0.05, 0) is 12.8 Å². The summed E-state index contributed by atoms with van der Waals surface area (Å²) in [6, 6.07) is 0. The van der Waals surface area contributed by atoms with Crippen LogP contribution in [0.3, 0.4) is 0 Å². The monoisotopic (exact) mass is 111 g/mol. The van der Waals surface area contributed by atoms with Crippen molar-refractivity contribution in [2.75, 3.05) is 6.54 Å². The minimum absolute atomic E-state index is 0.474. The molecule has 1 unspecified atom stereocenters. The summed E-state index contributed by atoms with van der Waals surface area (Å²) in [5, 5.41) is 3.33. The third kappa shape index (κ3) is 0.920. The van der Waals surface area contributed by atoms with E-state index in [4.69, 9.17) is 0 Å². The molecule has 0 amide bonds. The van der Waals surface area contributed by atoms with Gasteiger partial charge in [0.25, 0.3) is 0 Å². The fourth-order valence-electron chi connectivity index (χ4n) is 0.940. The molecule has 1 atom stereocenters. The number of nitrogens with one attached hydrogen (secondary N) is 1. The summed E-state index contributed by atoms with van der Waals surface area (Å²) in [5.74, 6) is 0. The van der Waals surface area contributed by atoms with Crippen LogP contribution in [0.1, 0.15) is 19.8 Å². The van der Waals surface area contributed by atoms with Gasteiger partial charge in [-0.15, -0.1) is 6.58 Å². The Morgan fingerprint density at radius 3 is 2.62 bits per heavy atom. The molecule has 0 aliphatic carbocycles. The van der Waals surface area contributed by atoms with Crippen LogP contribution in [-0.4, -0.2) is 12.1 Å². The van der Waals surface area contributed by atoms with Crippen LogP contribution >= 0.6 is 0 Å². The van der Waals surface area contributed by atoms with Crippen molar-refractivity contribution in [2.24, 2.45) is 0 Å². The SMILES string of the molecule is C=CCC1(CC)CN1. The van der Waals surface area contributed by atoms with Crippen LogP contribution in [0.4, 0.5) is 0 Å². The highest BCUT2D eigenvalue weighted by Gasteiger charge is 2.37. The molecule has 1 nitrogen and oxygen atoms in total. The summed E-state index contributed by atoms with van der Waals surface area (Å²) in [5.41, 5.74) is 0.474. The van der Waals surface area contributed by atoms with Gasteiger partial charge in [-0.2, -0.15) is 0 Å². The van der Waals surface area contributed by atoms with Gasteiger partial charge in [-0.3, -0.25) is 0 Å². The second kappa shape index (κ2) is 1.90. The molecule has 1 fully saturated rings. The van der Waals surface area contributed by atoms with Crippen LogP contribution in [0.5, 0.6) is 0 Å². The lowest BCUT2D eigenvalue weighted by atomic mass is 10.0. The molecule has 46 valence electrons. The van der Waals surface area contributed by atoms with E-state index in [1.54, 1.807) is 0 Å². The largest absolute Gasteiger partial charge is 0.308 e. The molecule has 0 radical (unpaired) electrons. The van der Waals surface area contributed by atoms with Crippen molar-refractivity contribution in [1.82, 2.24) is 5.32 Å². The zero-order chi connectivity index (χ0) is 6.04. The van der Waals surface area contributed by atoms with Gasteiger partial charge >= 0.3 is 0 Å². The number of rotatable bonds is 3. The molecular formula is C7H13N. The third-order valence-electron chi connectivity index (χ3n) is 1.89. The van der Waals surface area contributed by atoms with Gasteiger partial charge in [0.05, 0.1) is 0 Å². The van der Waals surface area contributed by atoms with Crippen LogP contribution in [-0.2, 0) is 0 Å². The third-order valence-corrected chi connectivity index (χ3v) is 1.89. The first kappa shape index (κ1) is 5.83. The van der Waals surface area contributed by atoms with Crippen molar-refractivity contribution in [3.8, 4) is 0 Å². The molecule has 1 heterocycles. The Bertz CT molecular complexity index is 92.6. The maximum atomic E-state index is 3.69. The van der Waals surface area contributed by atoms with Crippen molar-refractivity contribution in [3.05, 3.63) is 12.7 Å². The van der Waals surface area contributed by atoms with Crippen molar-refractivity contribution in [1.29, 1.82) is 0 Å². The Morgan fingerprint density at radius 1 is 1.88 bits per heavy atom. The molecule has 1 heteroatoms. The van der Waals surface area contributed by atoms with E-state index in [-0.39, 0.29) is 0 Å². The highest BCUT2D eigenvalue weighted by Crippen LogP contribution is 2.25. The average Bonchev–Trinajstić information content (AvgIpc) is 2.50. The molecule has 1 aliphatic rings. The number of hydrogen-bond acceptors (Lipinski definition) is 1. The Kier molecular flexibility index (Phi) is 1.39. The summed E-state index contributed by atoms with van der Waals surface area (Å²) in [4.78, 5) is 0. The lowest BCUT2D eigenvalue weighted by Crippen LogP contribution is -2.11. The highest BCUT2D eigenvalue weighted by molar-refractivity contribution is 5.06. The van der Waals surface area contributed by atoms with E-state index >= 15 is 0 Å². The van der Waals surface area contributed by atoms with Gasteiger partial charge in [-0.25, -0.2) is 0 Å². The highest BCUT2D eigenvalue weighted by atomic mass is 15.2. The van der Waals surface area contributed by atoms with Crippen molar-refractivity contribution >= 4 is 0 Å². The molecule has 1 saturated heterocycles. The molecule has 0 saturated carbocycles. The van der Waals surface area contributed by atoms with Crippen molar-refractivity contribution in [2.45, 2.75) is 25.3 Å². The van der Waals surface area contributed by atoms with Gasteiger partial charge in [0, 0.05) is 12.1 Å². The average molecular weight is 111 g/mol. The molecule has 1 aliphatic heterocycles. The first-order valence-electron chi connectivity index (χ1n) is 3.19. The molecule has 0 aromatic rings. The molecule has 1 N–H and O–H groups in total. The summed E-state index contributed by atoms with van der Waals surface area (Å²) in [6.07, 6.45) is 4.35. The normalized spacial score (nSPS) is 34.6. The van der Waals surface area contributed by atoms with E-state index < -0.39 is 0 Å². The number of hydrogen-bond donors (Lipinski definition) is 1. The van der Waals surface area contributed by atoms with Gasteiger partial charge in [-0.1, -0.05) is 13.0 Å². The van der Waals surface area contributed by atoms with Crippen LogP contribution in [0.15, 0.2) is 12.7 Å². The van der Waals surface area contributed by atoms with Gasteiger partial charge in [0.1, 0.15) is 0 Å². The van der Waals surface area contributed by atoms with E-state index in [9.17, 15) is 0 Å². The van der Waals surface area contributed by atoms with Gasteiger partial charge in [0.2, 0.25) is 0 Å². The van der Waals surface area contributed by atoms with Crippen LogP contribution in [0.2, 0.25) is 0 Å². The van der Waals surface area contributed by atoms with Crippen LogP contribution in [0.25, 0.3) is 0 Å². The predicted molar refractivity (Wildman–Crippen MR) is 35.8 cm³/mol. The van der Waals surface area contributed by atoms with Crippen molar-refractivity contribution in [3.63, 3.8) is 0 Å². The summed E-state index contributed by atoms with van der Waals surface area (Å²) in [7, 11) is 0. The lowest BCUT2D eigenvalue weighted by Gasteiger charge is -2.03. The first-order chi connectivity index (χ1) is 3.83. The maximum absolute atomic E-state index is 3.69. The first-order valence-corrected chi connectivity index (χ1v) is 3.19. The standard InChI is InChI=1S/C7H13N/c1-3-5-7(4-2)6-8-7/h3,8H,1,4-6H2,2H3. The Labute approximate surface area is 50.8 Å². The summed E-state index contributed by atoms with van der Waals surface area (Å²) < 4.78 is 0. The van der Waals surface area contributed by atoms with Gasteiger partial charge < -0.3 is 5.32 Å². The van der Waals surface area contributed by atoms with E-state index in [1.807, 2.05) is 6.08 Å². The van der Waals surface area contributed by atoms with E-state index in [0.29, 0.717) is 5.54 Å². The Balaban J connectivity index is 2.29. The summed E-state index contributed by atoms with van der Waals surface area (Å²) in [6.45, 7) is 7.10. The molecule has 0 aromatic carbocycles. The zero-order valence-corrected chi connectivity index (χ0v) is 5.41. The van der Waals surface area contributed by atoms with E-state index in [1.165, 1.54) is 13.0 Å². The van der Waals surface area contributed by atoms with E-state index in [0.717, 1.165) is 6.42 Å². The molecule has 1 rings (SSSR count). The maximum Gasteiger partial charge on any atom is 0.0339 e. The molecular weight excluding hydrogens is 98.1 g/mol. The molecule has 8 heavy (non-hydrogen) atoms. The second-order valence-corrected chi connectivity index (χ2v) is 2.48. The Morgan fingerprint density at radius 2 is 2.50 bits per heavy atom. The smallest absolute Gasteiger partial charge is 0.0339 e. The van der Waals surface area contributed by atoms with Crippen molar-refractivity contribution < 1.29 is 0 Å². The summed E-state index contributed by atoms with van der Waals surface area (Å²) >= 11 is 0. The predicted octanol–water partition coefficient (Wildman–Crippen LogP) is 1.31. The lowest BCUT2D eigenvalue weighted by molar-refractivity contribution is 0.614. The molecule has 0 bridgehead atoms. The molecule has 0 spiro atoms. The minimum Gasteiger partial charge on any atom is -0.308 e. The zero-order valence-electron chi connectivity index (χ0n) is 5.41. The van der Waals surface area contributed by atoms with E-state index in [2.05, 4.69) is 18.8 Å². The topological polar surface area (TPSA) is 21.9 Å². The molecule has 0 aromatic heterocycles. The Hall–Kier alpha value is -0.300. The quantitative estimate of drug-likeness (QED) is 0.430. The van der Waals surface area contributed by atoms with Gasteiger partial charge in [0.15, 0.2) is 0 Å².